The summed E-state index contributed by atoms with van der Waals surface area (Å²) in [7, 11) is -3.49. The molecule has 5 heteroatoms. The quantitative estimate of drug-likeness (QED) is 0.762. The third-order valence-corrected chi connectivity index (χ3v) is 6.68. The molecule has 0 bridgehead atoms. The summed E-state index contributed by atoms with van der Waals surface area (Å²) in [6.45, 7) is 2.89. The number of nitrogens with zero attached hydrogens (tertiary/aromatic N) is 1. The lowest BCUT2D eigenvalue weighted by molar-refractivity contribution is 0.444. The molecule has 0 amide bonds. The molecule has 3 aromatic rings. The third kappa shape index (κ3) is 2.79. The lowest BCUT2D eigenvalue weighted by Crippen LogP contribution is -2.34. The van der Waals surface area contributed by atoms with Crippen molar-refractivity contribution in [1.82, 2.24) is 9.29 Å². The van der Waals surface area contributed by atoms with Gasteiger partial charge in [0.1, 0.15) is 0 Å². The highest BCUT2D eigenvalue weighted by Crippen LogP contribution is 2.30. The van der Waals surface area contributed by atoms with Gasteiger partial charge in [-0.05, 0) is 42.7 Å². The first-order valence-corrected chi connectivity index (χ1v) is 9.83. The Hall–Kier alpha value is -2.37. The lowest BCUT2D eigenvalue weighted by atomic mass is 10.0. The molecule has 0 unspecified atom stereocenters. The van der Waals surface area contributed by atoms with Gasteiger partial charge in [-0.25, -0.2) is 8.42 Å². The zero-order valence-corrected chi connectivity index (χ0v) is 14.9. The number of sulfonamides is 1. The monoisotopic (exact) mass is 352 g/mol. The number of aromatic amines is 1. The predicted octanol–water partition coefficient (Wildman–Crippen LogP) is 3.82. The van der Waals surface area contributed by atoms with E-state index in [9.17, 15) is 8.42 Å². The molecule has 2 heterocycles. The van der Waals surface area contributed by atoms with Crippen LogP contribution in [0.15, 0.2) is 65.6 Å². The highest BCUT2D eigenvalue weighted by molar-refractivity contribution is 7.89. The van der Waals surface area contributed by atoms with E-state index in [1.165, 1.54) is 10.9 Å². The van der Waals surface area contributed by atoms with Gasteiger partial charge < -0.3 is 4.98 Å². The van der Waals surface area contributed by atoms with Crippen molar-refractivity contribution in [1.29, 1.82) is 0 Å². The topological polar surface area (TPSA) is 53.2 Å². The van der Waals surface area contributed by atoms with E-state index in [4.69, 9.17) is 0 Å². The van der Waals surface area contributed by atoms with Crippen molar-refractivity contribution < 1.29 is 8.42 Å². The first kappa shape index (κ1) is 16.1. The molecule has 1 aliphatic rings. The van der Waals surface area contributed by atoms with Crippen molar-refractivity contribution in [3.05, 3.63) is 71.9 Å². The van der Waals surface area contributed by atoms with Gasteiger partial charge in [0.15, 0.2) is 0 Å². The summed E-state index contributed by atoms with van der Waals surface area (Å²) in [5, 5.41) is 1.17. The van der Waals surface area contributed by atoms with Crippen LogP contribution in [0.5, 0.6) is 0 Å². The average molecular weight is 352 g/mol. The minimum absolute atomic E-state index is 0.348. The number of benzene rings is 2. The summed E-state index contributed by atoms with van der Waals surface area (Å²) in [5.74, 6) is 0. The van der Waals surface area contributed by atoms with Gasteiger partial charge in [0, 0.05) is 29.7 Å². The first-order chi connectivity index (χ1) is 12.1. The Morgan fingerprint density at radius 1 is 1.00 bits per heavy atom. The molecule has 0 radical (unpaired) electrons. The molecule has 0 saturated heterocycles. The van der Waals surface area contributed by atoms with Crippen molar-refractivity contribution in [3.63, 3.8) is 0 Å². The zero-order chi connectivity index (χ0) is 17.4. The summed E-state index contributed by atoms with van der Waals surface area (Å²) in [6.07, 6.45) is 2.68. The maximum atomic E-state index is 13.0. The summed E-state index contributed by atoms with van der Waals surface area (Å²) < 4.78 is 27.5. The Bertz CT molecular complexity index is 1050. The molecule has 2 aromatic carbocycles. The van der Waals surface area contributed by atoms with Gasteiger partial charge in [0.25, 0.3) is 0 Å². The maximum Gasteiger partial charge on any atom is 0.243 e. The normalized spacial score (nSPS) is 18.2. The predicted molar refractivity (Wildman–Crippen MR) is 101 cm³/mol. The van der Waals surface area contributed by atoms with Crippen LogP contribution >= 0.6 is 0 Å². The van der Waals surface area contributed by atoms with Crippen LogP contribution in [0.25, 0.3) is 16.5 Å². The van der Waals surface area contributed by atoms with Crippen LogP contribution in [0, 0.1) is 0 Å². The van der Waals surface area contributed by atoms with Crippen molar-refractivity contribution in [3.8, 4) is 0 Å². The number of allylic oxidation sites excluding steroid dienone is 1. The largest absolute Gasteiger partial charge is 0.355 e. The molecule has 0 spiro atoms. The van der Waals surface area contributed by atoms with Crippen molar-refractivity contribution in [2.75, 3.05) is 13.1 Å². The summed E-state index contributed by atoms with van der Waals surface area (Å²) >= 11 is 0. The Kier molecular flexibility index (Phi) is 3.98. The molecule has 4 nitrogen and oxygen atoms in total. The van der Waals surface area contributed by atoms with Crippen molar-refractivity contribution >= 4 is 26.5 Å². The highest BCUT2D eigenvalue weighted by Gasteiger charge is 2.26. The van der Waals surface area contributed by atoms with Crippen LogP contribution in [-0.4, -0.2) is 30.8 Å². The van der Waals surface area contributed by atoms with Gasteiger partial charge in [-0.15, -0.1) is 0 Å². The van der Waals surface area contributed by atoms with E-state index in [0.717, 1.165) is 16.8 Å². The van der Waals surface area contributed by atoms with Crippen LogP contribution in [0.2, 0.25) is 0 Å². The Labute approximate surface area is 147 Å². The standard InChI is InChI=1S/C20H20N2O2S/c1-15-11-13-22(25(23,24)16-7-3-2-4-8-16)14-12-18-17-9-5-6-10-19(17)21-20(15)18/h2-11,21H,12-14H2,1H3/b15-11-. The van der Waals surface area contributed by atoms with Crippen LogP contribution in [-0.2, 0) is 16.4 Å². The summed E-state index contributed by atoms with van der Waals surface area (Å²) in [5.41, 5.74) is 4.49. The minimum atomic E-state index is -3.49. The molecule has 1 aliphatic heterocycles. The fraction of sp³-hybridized carbons (Fsp3) is 0.200. The molecule has 25 heavy (non-hydrogen) atoms. The zero-order valence-electron chi connectivity index (χ0n) is 14.1. The van der Waals surface area contributed by atoms with Gasteiger partial charge in [0.05, 0.1) is 4.90 Å². The number of aromatic nitrogens is 1. The molecule has 0 saturated carbocycles. The smallest absolute Gasteiger partial charge is 0.243 e. The number of para-hydroxylation sites is 1. The highest BCUT2D eigenvalue weighted by atomic mass is 32.2. The fourth-order valence-corrected chi connectivity index (χ4v) is 4.83. The number of rotatable bonds is 2. The molecular weight excluding hydrogens is 332 g/mol. The van der Waals surface area contributed by atoms with Gasteiger partial charge in [-0.2, -0.15) is 4.31 Å². The molecule has 128 valence electrons. The molecule has 0 atom stereocenters. The maximum absolute atomic E-state index is 13.0. The van der Waals surface area contributed by atoms with Crippen LogP contribution in [0.4, 0.5) is 0 Å². The third-order valence-electron chi connectivity index (χ3n) is 4.80. The molecule has 0 fully saturated rings. The fourth-order valence-electron chi connectivity index (χ4n) is 3.42. The lowest BCUT2D eigenvalue weighted by Gasteiger charge is -2.23. The van der Waals surface area contributed by atoms with E-state index < -0.39 is 10.0 Å². The molecule has 4 rings (SSSR count). The van der Waals surface area contributed by atoms with E-state index in [0.29, 0.717) is 24.4 Å². The SMILES string of the molecule is C/C1=C/CN(S(=O)(=O)c2ccccc2)CCc2c1[nH]c1ccccc21. The number of fused-ring (bicyclic) bond motifs is 3. The van der Waals surface area contributed by atoms with E-state index in [-0.39, 0.29) is 0 Å². The van der Waals surface area contributed by atoms with E-state index >= 15 is 0 Å². The number of hydrogen-bond donors (Lipinski definition) is 1. The van der Waals surface area contributed by atoms with Crippen molar-refractivity contribution in [2.45, 2.75) is 18.2 Å². The van der Waals surface area contributed by atoms with Gasteiger partial charge in [-0.3, -0.25) is 0 Å². The van der Waals surface area contributed by atoms with Crippen LogP contribution in [0.1, 0.15) is 18.2 Å². The van der Waals surface area contributed by atoms with Crippen LogP contribution in [0.3, 0.4) is 0 Å². The summed E-state index contributed by atoms with van der Waals surface area (Å²) in [6, 6.07) is 16.8. The minimum Gasteiger partial charge on any atom is -0.355 e. The van der Waals surface area contributed by atoms with Gasteiger partial charge in [0.2, 0.25) is 10.0 Å². The van der Waals surface area contributed by atoms with E-state index in [2.05, 4.69) is 17.1 Å². The second-order valence-corrected chi connectivity index (χ2v) is 8.28. The Morgan fingerprint density at radius 3 is 2.52 bits per heavy atom. The second kappa shape index (κ2) is 6.17. The number of H-pyrrole nitrogens is 1. The van der Waals surface area contributed by atoms with Gasteiger partial charge >= 0.3 is 0 Å². The molecule has 1 aromatic heterocycles. The van der Waals surface area contributed by atoms with Gasteiger partial charge in [-0.1, -0.05) is 42.5 Å². The number of hydrogen-bond acceptors (Lipinski definition) is 2. The molecule has 1 N–H and O–H groups in total. The average Bonchev–Trinajstić information content (AvgIpc) is 2.99. The van der Waals surface area contributed by atoms with Crippen LogP contribution < -0.4 is 0 Å². The first-order valence-electron chi connectivity index (χ1n) is 8.39. The summed E-state index contributed by atoms with van der Waals surface area (Å²) in [4.78, 5) is 3.83. The molecular formula is C20H20N2O2S. The Morgan fingerprint density at radius 2 is 1.72 bits per heavy atom. The van der Waals surface area contributed by atoms with Crippen molar-refractivity contribution in [2.24, 2.45) is 0 Å². The second-order valence-electron chi connectivity index (χ2n) is 6.34. The molecule has 0 aliphatic carbocycles. The van der Waals surface area contributed by atoms with E-state index in [1.54, 1.807) is 28.6 Å². The Balaban J connectivity index is 1.75. The number of nitrogens with one attached hydrogen (secondary N) is 1. The van der Waals surface area contributed by atoms with E-state index in [1.807, 2.05) is 31.2 Å².